The van der Waals surface area contributed by atoms with E-state index in [2.05, 4.69) is 45.3 Å². The second-order valence-corrected chi connectivity index (χ2v) is 5.22. The number of aromatic nitrogens is 6. The first-order valence-electron chi connectivity index (χ1n) is 7.01. The lowest BCUT2D eigenvalue weighted by molar-refractivity contribution is 0.878. The Morgan fingerprint density at radius 2 is 2.05 bits per heavy atom. The van der Waals surface area contributed by atoms with Crippen molar-refractivity contribution in [3.63, 3.8) is 0 Å². The molecule has 0 aliphatic rings. The number of nitrogens with zero attached hydrogens (tertiary/aromatic N) is 6. The molecule has 0 aliphatic carbocycles. The van der Waals surface area contributed by atoms with Crippen LogP contribution >= 0.6 is 0 Å². The maximum Gasteiger partial charge on any atom is 0.252 e. The molecule has 0 radical (unpaired) electrons. The van der Waals surface area contributed by atoms with Crippen LogP contribution in [0.3, 0.4) is 0 Å². The molecule has 6 heteroatoms. The Balaban J connectivity index is 1.94. The highest BCUT2D eigenvalue weighted by Crippen LogP contribution is 2.27. The van der Waals surface area contributed by atoms with Crippen molar-refractivity contribution in [2.45, 2.75) is 13.8 Å². The summed E-state index contributed by atoms with van der Waals surface area (Å²) in [5, 5.41) is 8.67. The van der Waals surface area contributed by atoms with Crippen LogP contribution in [-0.2, 0) is 0 Å². The minimum absolute atomic E-state index is 0.606. The summed E-state index contributed by atoms with van der Waals surface area (Å²) >= 11 is 0. The Morgan fingerprint density at radius 1 is 1.14 bits per heavy atom. The second kappa shape index (κ2) is 4.77. The monoisotopic (exact) mass is 290 g/mol. The van der Waals surface area contributed by atoms with Gasteiger partial charge in [0.1, 0.15) is 5.82 Å². The van der Waals surface area contributed by atoms with Crippen LogP contribution in [0.5, 0.6) is 0 Å². The van der Waals surface area contributed by atoms with Crippen LogP contribution < -0.4 is 0 Å². The Labute approximate surface area is 127 Å². The number of rotatable bonds is 2. The third-order valence-corrected chi connectivity index (χ3v) is 3.52. The minimum Gasteiger partial charge on any atom is -0.240 e. The molecular formula is C16H14N6. The Kier molecular flexibility index (Phi) is 2.75. The summed E-state index contributed by atoms with van der Waals surface area (Å²) in [5.74, 6) is 1.31. The summed E-state index contributed by atoms with van der Waals surface area (Å²) in [7, 11) is 0. The van der Waals surface area contributed by atoms with Gasteiger partial charge in [-0.05, 0) is 31.5 Å². The van der Waals surface area contributed by atoms with Gasteiger partial charge in [0.2, 0.25) is 0 Å². The zero-order valence-electron chi connectivity index (χ0n) is 12.3. The van der Waals surface area contributed by atoms with E-state index in [1.54, 1.807) is 10.7 Å². The van der Waals surface area contributed by atoms with Gasteiger partial charge in [0.05, 0.1) is 5.69 Å². The number of benzene rings is 1. The molecule has 0 unspecified atom stereocenters. The number of hydrogen-bond donors (Lipinski definition) is 0. The van der Waals surface area contributed by atoms with Crippen molar-refractivity contribution >= 4 is 5.78 Å². The highest BCUT2D eigenvalue weighted by Gasteiger charge is 2.10. The fourth-order valence-electron chi connectivity index (χ4n) is 2.51. The third kappa shape index (κ3) is 2.05. The van der Waals surface area contributed by atoms with Crippen molar-refractivity contribution in [2.24, 2.45) is 0 Å². The van der Waals surface area contributed by atoms with E-state index in [0.717, 1.165) is 16.8 Å². The van der Waals surface area contributed by atoms with Crippen molar-refractivity contribution in [3.05, 3.63) is 60.4 Å². The lowest BCUT2D eigenvalue weighted by atomic mass is 10.0. The third-order valence-electron chi connectivity index (χ3n) is 3.52. The average molecular weight is 290 g/mol. The van der Waals surface area contributed by atoms with E-state index in [9.17, 15) is 0 Å². The zero-order chi connectivity index (χ0) is 15.1. The fraction of sp³-hybridized carbons (Fsp3) is 0.125. The zero-order valence-corrected chi connectivity index (χ0v) is 12.3. The van der Waals surface area contributed by atoms with Crippen molar-refractivity contribution in [1.29, 1.82) is 0 Å². The maximum absolute atomic E-state index is 4.38. The molecule has 0 saturated carbocycles. The molecule has 108 valence electrons. The van der Waals surface area contributed by atoms with Crippen molar-refractivity contribution < 1.29 is 0 Å². The van der Waals surface area contributed by atoms with E-state index in [0.29, 0.717) is 11.6 Å². The highest BCUT2D eigenvalue weighted by atomic mass is 15.3. The molecule has 0 fully saturated rings. The molecular weight excluding hydrogens is 276 g/mol. The van der Waals surface area contributed by atoms with Crippen molar-refractivity contribution in [3.8, 4) is 16.8 Å². The molecule has 4 aromatic rings. The summed E-state index contributed by atoms with van der Waals surface area (Å²) in [6, 6.07) is 8.19. The van der Waals surface area contributed by atoms with E-state index < -0.39 is 0 Å². The van der Waals surface area contributed by atoms with Gasteiger partial charge in [-0.25, -0.2) is 14.2 Å². The fourth-order valence-corrected chi connectivity index (χ4v) is 2.51. The van der Waals surface area contributed by atoms with Crippen molar-refractivity contribution in [1.82, 2.24) is 29.4 Å². The molecule has 6 nitrogen and oxygen atoms in total. The smallest absolute Gasteiger partial charge is 0.240 e. The topological polar surface area (TPSA) is 60.9 Å². The van der Waals surface area contributed by atoms with E-state index >= 15 is 0 Å². The highest BCUT2D eigenvalue weighted by molar-refractivity contribution is 5.72. The van der Waals surface area contributed by atoms with Crippen LogP contribution in [0, 0.1) is 13.8 Å². The van der Waals surface area contributed by atoms with Gasteiger partial charge in [0.25, 0.3) is 5.78 Å². The van der Waals surface area contributed by atoms with Gasteiger partial charge < -0.3 is 0 Å². The molecule has 0 saturated heterocycles. The van der Waals surface area contributed by atoms with Gasteiger partial charge in [-0.1, -0.05) is 12.1 Å². The molecule has 3 heterocycles. The van der Waals surface area contributed by atoms with Gasteiger partial charge in [0, 0.05) is 35.9 Å². The average Bonchev–Trinajstić information content (AvgIpc) is 3.14. The molecule has 0 aliphatic heterocycles. The normalized spacial score (nSPS) is 11.2. The lowest BCUT2D eigenvalue weighted by Crippen LogP contribution is -2.00. The number of hydrogen-bond acceptors (Lipinski definition) is 4. The molecule has 0 bridgehead atoms. The first kappa shape index (κ1) is 12.7. The van der Waals surface area contributed by atoms with Crippen LogP contribution in [0.15, 0.2) is 49.1 Å². The van der Waals surface area contributed by atoms with Crippen LogP contribution in [0.2, 0.25) is 0 Å². The summed E-state index contributed by atoms with van der Waals surface area (Å²) in [6.45, 7) is 3.93. The van der Waals surface area contributed by atoms with Crippen molar-refractivity contribution in [2.75, 3.05) is 0 Å². The predicted molar refractivity (Wildman–Crippen MR) is 82.8 cm³/mol. The van der Waals surface area contributed by atoms with E-state index in [-0.39, 0.29) is 0 Å². The molecule has 0 N–H and O–H groups in total. The second-order valence-electron chi connectivity index (χ2n) is 5.22. The van der Waals surface area contributed by atoms with E-state index in [1.807, 2.05) is 36.3 Å². The van der Waals surface area contributed by atoms with Crippen LogP contribution in [0.4, 0.5) is 0 Å². The minimum atomic E-state index is 0.606. The largest absolute Gasteiger partial charge is 0.252 e. The molecule has 0 spiro atoms. The lowest BCUT2D eigenvalue weighted by Gasteiger charge is -2.10. The summed E-state index contributed by atoms with van der Waals surface area (Å²) in [6.07, 6.45) is 7.47. The quantitative estimate of drug-likeness (QED) is 0.569. The SMILES string of the molecule is Cc1ccc(-c2cnc3nc(C)nn3c2)c(-n2cccn2)c1. The van der Waals surface area contributed by atoms with Crippen LogP contribution in [-0.4, -0.2) is 29.4 Å². The number of aryl methyl sites for hydroxylation is 2. The predicted octanol–water partition coefficient (Wildman–Crippen LogP) is 2.59. The summed E-state index contributed by atoms with van der Waals surface area (Å²) in [5.41, 5.74) is 4.22. The van der Waals surface area contributed by atoms with Gasteiger partial charge in [0.15, 0.2) is 0 Å². The van der Waals surface area contributed by atoms with Crippen LogP contribution in [0.1, 0.15) is 11.4 Å². The van der Waals surface area contributed by atoms with Gasteiger partial charge in [-0.15, -0.1) is 0 Å². The first-order valence-corrected chi connectivity index (χ1v) is 7.01. The van der Waals surface area contributed by atoms with Crippen LogP contribution in [0.25, 0.3) is 22.6 Å². The molecule has 0 atom stereocenters. The maximum atomic E-state index is 4.38. The van der Waals surface area contributed by atoms with Gasteiger partial charge >= 0.3 is 0 Å². The standard InChI is InChI=1S/C16H14N6/c1-11-4-5-14(15(8-11)21-7-3-6-18-21)13-9-17-16-19-12(2)20-22(16)10-13/h3-10H,1-2H3. The van der Waals surface area contributed by atoms with Gasteiger partial charge in [-0.2, -0.15) is 15.2 Å². The first-order chi connectivity index (χ1) is 10.7. The molecule has 1 aromatic carbocycles. The van der Waals surface area contributed by atoms with Gasteiger partial charge in [-0.3, -0.25) is 0 Å². The summed E-state index contributed by atoms with van der Waals surface area (Å²) in [4.78, 5) is 8.64. The Morgan fingerprint density at radius 3 is 2.86 bits per heavy atom. The Hall–Kier alpha value is -3.02. The van der Waals surface area contributed by atoms with E-state index in [4.69, 9.17) is 0 Å². The summed E-state index contributed by atoms with van der Waals surface area (Å²) < 4.78 is 3.57. The Bertz CT molecular complexity index is 952. The number of fused-ring (bicyclic) bond motifs is 1. The molecule has 22 heavy (non-hydrogen) atoms. The molecule has 4 rings (SSSR count). The molecule has 0 amide bonds. The molecule has 3 aromatic heterocycles. The van der Waals surface area contributed by atoms with E-state index in [1.165, 1.54) is 5.56 Å².